The summed E-state index contributed by atoms with van der Waals surface area (Å²) in [4.78, 5) is 17.7. The van der Waals surface area contributed by atoms with Gasteiger partial charge in [-0.15, -0.1) is 0 Å². The second kappa shape index (κ2) is 14.4. The number of rotatable bonds is 11. The zero-order chi connectivity index (χ0) is 37.5. The third-order valence-electron chi connectivity index (χ3n) is 10.3. The third kappa shape index (κ3) is 6.80. The summed E-state index contributed by atoms with van der Waals surface area (Å²) in [6, 6.07) is 31.9. The Morgan fingerprint density at radius 2 is 1.58 bits per heavy atom. The molecule has 2 atom stereocenters. The second-order valence-corrected chi connectivity index (χ2v) is 25.8. The van der Waals surface area contributed by atoms with Crippen LogP contribution in [0.3, 0.4) is 0 Å². The van der Waals surface area contributed by atoms with Gasteiger partial charge in [0, 0.05) is 38.2 Å². The number of pyridine rings is 1. The largest absolute Gasteiger partial charge is 0.477 e. The molecule has 276 valence electrons. The maximum atomic E-state index is 15.5. The predicted molar refractivity (Wildman–Crippen MR) is 214 cm³/mol. The number of fused-ring (bicyclic) bond motifs is 2. The second-order valence-electron chi connectivity index (χ2n) is 16.1. The van der Waals surface area contributed by atoms with E-state index in [1.165, 1.54) is 0 Å². The molecule has 4 heterocycles. The highest BCUT2D eigenvalue weighted by Crippen LogP contribution is 2.49. The summed E-state index contributed by atoms with van der Waals surface area (Å²) in [5.74, 6) is 0.273. The van der Waals surface area contributed by atoms with Crippen LogP contribution in [0.25, 0.3) is 33.4 Å². The van der Waals surface area contributed by atoms with E-state index in [9.17, 15) is 4.80 Å². The normalized spacial score (nSPS) is 16.1. The average molecular weight is 751 g/mol. The maximum absolute atomic E-state index is 15.5. The highest BCUT2D eigenvalue weighted by molar-refractivity contribution is 6.98. The monoisotopic (exact) mass is 750 g/mol. The lowest BCUT2D eigenvalue weighted by Crippen LogP contribution is -2.65. The van der Waals surface area contributed by atoms with Crippen molar-refractivity contribution in [3.05, 3.63) is 115 Å². The summed E-state index contributed by atoms with van der Waals surface area (Å²) < 4.78 is 47.3. The van der Waals surface area contributed by atoms with Gasteiger partial charge in [0.25, 0.3) is 14.7 Å². The van der Waals surface area contributed by atoms with E-state index in [2.05, 4.69) is 40.4 Å². The molecule has 1 aliphatic heterocycles. The quantitative estimate of drug-likeness (QED) is 0.106. The molecule has 0 saturated heterocycles. The first kappa shape index (κ1) is 36.9. The number of benzene rings is 3. The van der Waals surface area contributed by atoms with E-state index < -0.39 is 33.9 Å². The highest BCUT2D eigenvalue weighted by Gasteiger charge is 2.49. The van der Waals surface area contributed by atoms with Crippen LogP contribution >= 0.6 is 0 Å². The fourth-order valence-corrected chi connectivity index (χ4v) is 12.0. The molecule has 0 bridgehead atoms. The lowest BCUT2D eigenvalue weighted by atomic mass is 9.98. The number of alkyl halides is 2. The molecule has 1 N–H and O–H groups in total. The molecule has 3 aromatic carbocycles. The van der Waals surface area contributed by atoms with Crippen LogP contribution in [0.2, 0.25) is 30.7 Å². The molecule has 0 saturated carbocycles. The van der Waals surface area contributed by atoms with E-state index in [1.807, 2.05) is 102 Å². The predicted octanol–water partition coefficient (Wildman–Crippen LogP) is 9.04. The zero-order valence-electron chi connectivity index (χ0n) is 31.3. The molecule has 0 spiro atoms. The molecular formula is C42H48F2N4O3Si2. The van der Waals surface area contributed by atoms with Crippen LogP contribution in [0.4, 0.5) is 8.78 Å². The Morgan fingerprint density at radius 3 is 2.26 bits per heavy atom. The molecule has 0 fully saturated rings. The minimum Gasteiger partial charge on any atom is -0.477 e. The van der Waals surface area contributed by atoms with Gasteiger partial charge < -0.3 is 18.8 Å². The SMILES string of the molecule is CC(C)(C)[Si](O)(c1ccccc1)c1ccccc1C1CCOc2c(-c3c(-c4ccccc4)c4cccnc4n3COCC[Si](C)(C)C)c(C(F)F)nn21. The van der Waals surface area contributed by atoms with Crippen molar-refractivity contribution in [3.8, 4) is 28.3 Å². The highest BCUT2D eigenvalue weighted by atomic mass is 28.4. The Balaban J connectivity index is 1.47. The number of nitrogens with zero attached hydrogens (tertiary/aromatic N) is 4. The summed E-state index contributed by atoms with van der Waals surface area (Å²) in [7, 11) is -4.81. The summed E-state index contributed by atoms with van der Waals surface area (Å²) >= 11 is 0. The van der Waals surface area contributed by atoms with E-state index in [0.717, 1.165) is 38.5 Å². The van der Waals surface area contributed by atoms with Crippen LogP contribution in [-0.4, -0.2) is 53.7 Å². The minimum atomic E-state index is -3.42. The van der Waals surface area contributed by atoms with Crippen LogP contribution < -0.4 is 15.1 Å². The molecule has 7 nitrogen and oxygen atoms in total. The van der Waals surface area contributed by atoms with E-state index in [4.69, 9.17) is 19.6 Å². The molecule has 0 radical (unpaired) electrons. The molecule has 2 unspecified atom stereocenters. The number of hydrogen-bond donors (Lipinski definition) is 1. The van der Waals surface area contributed by atoms with Crippen molar-refractivity contribution in [1.82, 2.24) is 19.3 Å². The van der Waals surface area contributed by atoms with Crippen LogP contribution in [0.1, 0.15) is 50.9 Å². The Bertz CT molecular complexity index is 2210. The van der Waals surface area contributed by atoms with Crippen molar-refractivity contribution in [3.63, 3.8) is 0 Å². The van der Waals surface area contributed by atoms with E-state index in [0.29, 0.717) is 24.4 Å². The first-order valence-corrected chi connectivity index (χ1v) is 24.0. The van der Waals surface area contributed by atoms with Crippen LogP contribution in [0.15, 0.2) is 103 Å². The lowest BCUT2D eigenvalue weighted by Gasteiger charge is -2.41. The van der Waals surface area contributed by atoms with Crippen molar-refractivity contribution in [2.24, 2.45) is 0 Å². The fourth-order valence-electron chi connectivity index (χ4n) is 7.62. The van der Waals surface area contributed by atoms with Gasteiger partial charge in [0.2, 0.25) is 5.88 Å². The number of hydrogen-bond acceptors (Lipinski definition) is 5. The third-order valence-corrected chi connectivity index (χ3v) is 16.6. The molecule has 53 heavy (non-hydrogen) atoms. The van der Waals surface area contributed by atoms with E-state index in [1.54, 1.807) is 10.9 Å². The Hall–Kier alpha value is -4.43. The van der Waals surface area contributed by atoms with Crippen molar-refractivity contribution in [2.75, 3.05) is 13.2 Å². The zero-order valence-corrected chi connectivity index (χ0v) is 33.3. The summed E-state index contributed by atoms with van der Waals surface area (Å²) in [6.07, 6.45) is -0.687. The summed E-state index contributed by atoms with van der Waals surface area (Å²) in [6.45, 7) is 14.1. The van der Waals surface area contributed by atoms with Gasteiger partial charge in [0.15, 0.2) is 0 Å². The average Bonchev–Trinajstić information content (AvgIpc) is 3.69. The van der Waals surface area contributed by atoms with Gasteiger partial charge in [0.1, 0.15) is 18.1 Å². The Labute approximate surface area is 312 Å². The standard InChI is InChI=1S/C42H48F2N4O3Si2/c1-42(2,3)53(49,30-18-11-8-12-19-30)34-22-14-13-20-31(34)33-23-25-51-41-36(37(39(43)44)46-48(33)41)38-35(29-16-9-7-10-17-29)32-21-15-24-45-40(32)47(38)28-50-26-27-52(4,5)6/h7-22,24,33,39,49H,23,25-28H2,1-6H3. The number of ether oxygens (including phenoxy) is 2. The van der Waals surface area contributed by atoms with Crippen molar-refractivity contribution in [1.29, 1.82) is 0 Å². The molecule has 0 aliphatic carbocycles. The molecule has 3 aromatic heterocycles. The van der Waals surface area contributed by atoms with Crippen LogP contribution in [0, 0.1) is 0 Å². The van der Waals surface area contributed by atoms with Gasteiger partial charge in [-0.05, 0) is 44.7 Å². The van der Waals surface area contributed by atoms with E-state index >= 15 is 8.78 Å². The number of halogens is 2. The molecule has 6 aromatic rings. The van der Waals surface area contributed by atoms with Gasteiger partial charge >= 0.3 is 0 Å². The molecule has 0 amide bonds. The van der Waals surface area contributed by atoms with Gasteiger partial charge in [-0.3, -0.25) is 0 Å². The fraction of sp³-hybridized carbons (Fsp3) is 0.333. The molecule has 11 heteroatoms. The number of aromatic nitrogens is 4. The van der Waals surface area contributed by atoms with Gasteiger partial charge in [0.05, 0.1) is 23.9 Å². The summed E-state index contributed by atoms with van der Waals surface area (Å²) in [5.41, 5.74) is 3.54. The van der Waals surface area contributed by atoms with Gasteiger partial charge in [-0.1, -0.05) is 125 Å². The minimum absolute atomic E-state index is 0.126. The maximum Gasteiger partial charge on any atom is 0.282 e. The first-order chi connectivity index (χ1) is 25.3. The van der Waals surface area contributed by atoms with E-state index in [-0.39, 0.29) is 30.5 Å². The lowest BCUT2D eigenvalue weighted by molar-refractivity contribution is 0.0908. The van der Waals surface area contributed by atoms with Crippen LogP contribution in [0.5, 0.6) is 5.88 Å². The molecule has 1 aliphatic rings. The van der Waals surface area contributed by atoms with Crippen molar-refractivity contribution in [2.45, 2.75) is 77.1 Å². The van der Waals surface area contributed by atoms with Crippen molar-refractivity contribution < 1.29 is 23.1 Å². The molecule has 7 rings (SSSR count). The first-order valence-electron chi connectivity index (χ1n) is 18.3. The topological polar surface area (TPSA) is 74.3 Å². The van der Waals surface area contributed by atoms with Gasteiger partial charge in [-0.2, -0.15) is 5.10 Å². The Kier molecular flexibility index (Phi) is 10.0. The summed E-state index contributed by atoms with van der Waals surface area (Å²) in [5, 5.41) is 6.79. The Morgan fingerprint density at radius 1 is 0.906 bits per heavy atom. The smallest absolute Gasteiger partial charge is 0.282 e. The van der Waals surface area contributed by atoms with Gasteiger partial charge in [-0.25, -0.2) is 18.4 Å². The molecular weight excluding hydrogens is 703 g/mol. The van der Waals surface area contributed by atoms with Crippen LogP contribution in [-0.2, 0) is 11.5 Å². The van der Waals surface area contributed by atoms with Crippen molar-refractivity contribution >= 4 is 37.8 Å².